The molecule has 2 rings (SSSR count). The maximum Gasteiger partial charge on any atom is 0.173 e. The van der Waals surface area contributed by atoms with Gasteiger partial charge in [0.05, 0.1) is 18.2 Å². The van der Waals surface area contributed by atoms with Crippen molar-refractivity contribution in [2.45, 2.75) is 19.9 Å². The standard InChI is InChI=1S/C12H12FN3O/c1-2-16-6-5-15-12(16)7-11(17)9-3-4-14-8-10(9)13/h3-6,8H,2,7H2,1H3. The van der Waals surface area contributed by atoms with Crippen molar-refractivity contribution in [3.05, 3.63) is 48.1 Å². The lowest BCUT2D eigenvalue weighted by Gasteiger charge is -2.04. The van der Waals surface area contributed by atoms with Crippen molar-refractivity contribution < 1.29 is 9.18 Å². The topological polar surface area (TPSA) is 47.8 Å². The van der Waals surface area contributed by atoms with Gasteiger partial charge in [0.15, 0.2) is 11.6 Å². The Hall–Kier alpha value is -2.04. The molecule has 0 aliphatic heterocycles. The quantitative estimate of drug-likeness (QED) is 0.757. The van der Waals surface area contributed by atoms with Crippen LogP contribution in [-0.4, -0.2) is 20.3 Å². The largest absolute Gasteiger partial charge is 0.335 e. The number of nitrogens with zero attached hydrogens (tertiary/aromatic N) is 3. The maximum absolute atomic E-state index is 13.3. The number of rotatable bonds is 4. The Morgan fingerprint density at radius 3 is 3.00 bits per heavy atom. The number of hydrogen-bond acceptors (Lipinski definition) is 3. The average Bonchev–Trinajstić information content (AvgIpc) is 2.76. The van der Waals surface area contributed by atoms with E-state index < -0.39 is 5.82 Å². The van der Waals surface area contributed by atoms with Crippen LogP contribution in [0.3, 0.4) is 0 Å². The Balaban J connectivity index is 2.20. The van der Waals surface area contributed by atoms with Crippen LogP contribution in [0.2, 0.25) is 0 Å². The zero-order chi connectivity index (χ0) is 12.3. The van der Waals surface area contributed by atoms with Gasteiger partial charge in [-0.1, -0.05) is 0 Å². The lowest BCUT2D eigenvalue weighted by molar-refractivity contribution is 0.0985. The molecule has 4 nitrogen and oxygen atoms in total. The van der Waals surface area contributed by atoms with Crippen molar-refractivity contribution >= 4 is 5.78 Å². The minimum atomic E-state index is -0.591. The third-order valence-electron chi connectivity index (χ3n) is 2.53. The highest BCUT2D eigenvalue weighted by Gasteiger charge is 2.14. The van der Waals surface area contributed by atoms with Crippen molar-refractivity contribution in [3.63, 3.8) is 0 Å². The van der Waals surface area contributed by atoms with Crippen molar-refractivity contribution in [3.8, 4) is 0 Å². The number of Topliss-reactive ketones (excluding diaryl/α,β-unsaturated/α-hetero) is 1. The number of aryl methyl sites for hydroxylation is 1. The molecule has 2 heterocycles. The molecule has 0 aliphatic rings. The highest BCUT2D eigenvalue weighted by molar-refractivity contribution is 5.97. The molecule has 2 aromatic rings. The van der Waals surface area contributed by atoms with E-state index in [0.717, 1.165) is 12.7 Å². The predicted octanol–water partition coefficient (Wildman–Crippen LogP) is 1.86. The minimum Gasteiger partial charge on any atom is -0.335 e. The molecule has 0 unspecified atom stereocenters. The van der Waals surface area contributed by atoms with Gasteiger partial charge < -0.3 is 4.57 Å². The van der Waals surface area contributed by atoms with E-state index in [1.165, 1.54) is 12.3 Å². The lowest BCUT2D eigenvalue weighted by atomic mass is 10.1. The molecule has 0 spiro atoms. The van der Waals surface area contributed by atoms with Crippen LogP contribution in [0.25, 0.3) is 0 Å². The predicted molar refractivity (Wildman–Crippen MR) is 60.1 cm³/mol. The third-order valence-corrected chi connectivity index (χ3v) is 2.53. The molecule has 0 bridgehead atoms. The molecule has 0 N–H and O–H groups in total. The van der Waals surface area contributed by atoms with E-state index >= 15 is 0 Å². The second kappa shape index (κ2) is 4.86. The number of aromatic nitrogens is 3. The van der Waals surface area contributed by atoms with Gasteiger partial charge in [-0.25, -0.2) is 9.37 Å². The van der Waals surface area contributed by atoms with Gasteiger partial charge in [0.25, 0.3) is 0 Å². The molecule has 5 heteroatoms. The van der Waals surface area contributed by atoms with E-state index in [1.54, 1.807) is 12.4 Å². The van der Waals surface area contributed by atoms with Crippen LogP contribution < -0.4 is 0 Å². The Kier molecular flexibility index (Phi) is 3.27. The molecule has 88 valence electrons. The molecule has 0 saturated carbocycles. The molecular formula is C12H12FN3O. The molecule has 17 heavy (non-hydrogen) atoms. The number of carbonyl (C=O) groups is 1. The van der Waals surface area contributed by atoms with Crippen LogP contribution in [0.1, 0.15) is 23.1 Å². The summed E-state index contributed by atoms with van der Waals surface area (Å²) in [4.78, 5) is 19.6. The zero-order valence-electron chi connectivity index (χ0n) is 9.43. The van der Waals surface area contributed by atoms with Crippen molar-refractivity contribution in [1.82, 2.24) is 14.5 Å². The molecule has 0 aliphatic carbocycles. The summed E-state index contributed by atoms with van der Waals surface area (Å²) in [6, 6.07) is 1.39. The van der Waals surface area contributed by atoms with Gasteiger partial charge in [0.2, 0.25) is 0 Å². The smallest absolute Gasteiger partial charge is 0.173 e. The Labute approximate surface area is 98.1 Å². The molecule has 0 saturated heterocycles. The van der Waals surface area contributed by atoms with E-state index in [1.807, 2.05) is 11.5 Å². The van der Waals surface area contributed by atoms with E-state index in [4.69, 9.17) is 0 Å². The fourth-order valence-electron chi connectivity index (χ4n) is 1.64. The normalized spacial score (nSPS) is 10.5. The summed E-state index contributed by atoms with van der Waals surface area (Å²) in [5.41, 5.74) is 0.0608. The third kappa shape index (κ3) is 2.38. The van der Waals surface area contributed by atoms with Gasteiger partial charge in [-0.3, -0.25) is 9.78 Å². The van der Waals surface area contributed by atoms with E-state index in [9.17, 15) is 9.18 Å². The van der Waals surface area contributed by atoms with Crippen LogP contribution >= 0.6 is 0 Å². The number of imidazole rings is 1. The molecule has 0 fully saturated rings. The SMILES string of the molecule is CCn1ccnc1CC(=O)c1ccncc1F. The monoisotopic (exact) mass is 233 g/mol. The summed E-state index contributed by atoms with van der Waals surface area (Å²) in [6.07, 6.45) is 5.98. The first kappa shape index (κ1) is 11.4. The summed E-state index contributed by atoms with van der Waals surface area (Å²) >= 11 is 0. The van der Waals surface area contributed by atoms with Crippen LogP contribution in [-0.2, 0) is 13.0 Å². The number of ketones is 1. The van der Waals surface area contributed by atoms with Gasteiger partial charge in [0, 0.05) is 25.1 Å². The Bertz CT molecular complexity index is 536. The van der Waals surface area contributed by atoms with E-state index in [-0.39, 0.29) is 17.8 Å². The van der Waals surface area contributed by atoms with Gasteiger partial charge in [0.1, 0.15) is 5.82 Å². The van der Waals surface area contributed by atoms with Gasteiger partial charge in [-0.05, 0) is 13.0 Å². The van der Waals surface area contributed by atoms with Crippen molar-refractivity contribution in [1.29, 1.82) is 0 Å². The lowest BCUT2D eigenvalue weighted by Crippen LogP contribution is -2.11. The van der Waals surface area contributed by atoms with Gasteiger partial charge in [-0.2, -0.15) is 0 Å². The van der Waals surface area contributed by atoms with Gasteiger partial charge >= 0.3 is 0 Å². The number of halogens is 1. The van der Waals surface area contributed by atoms with Crippen LogP contribution in [0.4, 0.5) is 4.39 Å². The summed E-state index contributed by atoms with van der Waals surface area (Å²) < 4.78 is 15.2. The van der Waals surface area contributed by atoms with Crippen molar-refractivity contribution in [2.75, 3.05) is 0 Å². The molecule has 0 atom stereocenters. The van der Waals surface area contributed by atoms with Crippen molar-refractivity contribution in [2.24, 2.45) is 0 Å². The first-order valence-electron chi connectivity index (χ1n) is 5.35. The summed E-state index contributed by atoms with van der Waals surface area (Å²) in [5, 5.41) is 0. The fraction of sp³-hybridized carbons (Fsp3) is 0.250. The molecule has 2 aromatic heterocycles. The summed E-state index contributed by atoms with van der Waals surface area (Å²) in [6.45, 7) is 2.70. The molecule has 0 radical (unpaired) electrons. The first-order valence-corrected chi connectivity index (χ1v) is 5.35. The Morgan fingerprint density at radius 1 is 1.47 bits per heavy atom. The fourth-order valence-corrected chi connectivity index (χ4v) is 1.64. The minimum absolute atomic E-state index is 0.0608. The summed E-state index contributed by atoms with van der Waals surface area (Å²) in [7, 11) is 0. The molecule has 0 aromatic carbocycles. The van der Waals surface area contributed by atoms with E-state index in [0.29, 0.717) is 5.82 Å². The van der Waals surface area contributed by atoms with Crippen LogP contribution in [0, 0.1) is 5.82 Å². The van der Waals surface area contributed by atoms with E-state index in [2.05, 4.69) is 9.97 Å². The number of pyridine rings is 1. The second-order valence-electron chi connectivity index (χ2n) is 3.58. The maximum atomic E-state index is 13.3. The number of carbonyl (C=O) groups excluding carboxylic acids is 1. The first-order chi connectivity index (χ1) is 8.22. The Morgan fingerprint density at radius 2 is 2.29 bits per heavy atom. The van der Waals surface area contributed by atoms with Crippen LogP contribution in [0.15, 0.2) is 30.9 Å². The summed E-state index contributed by atoms with van der Waals surface area (Å²) in [5.74, 6) is -0.230. The zero-order valence-corrected chi connectivity index (χ0v) is 9.43. The van der Waals surface area contributed by atoms with Crippen LogP contribution in [0.5, 0.6) is 0 Å². The number of hydrogen-bond donors (Lipinski definition) is 0. The highest BCUT2D eigenvalue weighted by atomic mass is 19.1. The molecule has 0 amide bonds. The average molecular weight is 233 g/mol. The highest BCUT2D eigenvalue weighted by Crippen LogP contribution is 2.09. The van der Waals surface area contributed by atoms with Gasteiger partial charge in [-0.15, -0.1) is 0 Å². The second-order valence-corrected chi connectivity index (χ2v) is 3.58. The molecular weight excluding hydrogens is 221 g/mol.